The number of ketones is 1. The predicted octanol–water partition coefficient (Wildman–Crippen LogP) is -0.439. The van der Waals surface area contributed by atoms with Crippen molar-refractivity contribution in [1.82, 2.24) is 0 Å². The van der Waals surface area contributed by atoms with Crippen LogP contribution >= 0.6 is 0 Å². The van der Waals surface area contributed by atoms with Crippen molar-refractivity contribution >= 4 is 11.5 Å². The van der Waals surface area contributed by atoms with Gasteiger partial charge in [0.25, 0.3) is 5.70 Å². The van der Waals surface area contributed by atoms with E-state index in [1.165, 1.54) is 0 Å². The molecule has 0 aromatic rings. The highest BCUT2D eigenvalue weighted by atomic mass is 16.6. The third-order valence-electron chi connectivity index (χ3n) is 1.55. The highest BCUT2D eigenvalue weighted by Crippen LogP contribution is 2.12. The number of carbonyl (C=O) groups is 1. The van der Waals surface area contributed by atoms with Gasteiger partial charge in [0.15, 0.2) is 0 Å². The van der Waals surface area contributed by atoms with Crippen LogP contribution in [0.4, 0.5) is 0 Å². The molecule has 0 saturated heterocycles. The quantitative estimate of drug-likeness (QED) is 0.200. The van der Waals surface area contributed by atoms with E-state index in [1.807, 2.05) is 0 Å². The summed E-state index contributed by atoms with van der Waals surface area (Å²) in [5.74, 6) is -1.17. The summed E-state index contributed by atoms with van der Waals surface area (Å²) in [4.78, 5) is 32.2. The summed E-state index contributed by atoms with van der Waals surface area (Å²) in [6.45, 7) is 0. The molecule has 0 heterocycles. The van der Waals surface area contributed by atoms with Gasteiger partial charge in [-0.1, -0.05) is 0 Å². The van der Waals surface area contributed by atoms with Crippen molar-refractivity contribution in [3.05, 3.63) is 49.3 Å². The zero-order chi connectivity index (χ0) is 11.6. The molecule has 0 aliphatic heterocycles. The van der Waals surface area contributed by atoms with Gasteiger partial charge in [-0.3, -0.25) is 25.0 Å². The van der Waals surface area contributed by atoms with Crippen molar-refractivity contribution in [2.24, 2.45) is 0 Å². The third-order valence-corrected chi connectivity index (χ3v) is 1.55. The molecule has 0 saturated carbocycles. The number of nitro groups is 2. The minimum atomic E-state index is -1.17. The maximum absolute atomic E-state index is 11.1. The maximum atomic E-state index is 11.1. The molecule has 0 aromatic carbocycles. The summed E-state index contributed by atoms with van der Waals surface area (Å²) in [5.41, 5.74) is 5.88. The first kappa shape index (κ1) is 10.4. The monoisotopic (exact) mass is 210 g/mol. The summed E-state index contributed by atoms with van der Waals surface area (Å²) in [7, 11) is 0. The van der Waals surface area contributed by atoms with Gasteiger partial charge in [0, 0.05) is 0 Å². The number of Topliss-reactive ketones (excluding diaryl/α,β-unsaturated/α-hetero) is 1. The second kappa shape index (κ2) is 3.60. The Hall–Kier alpha value is -2.67. The van der Waals surface area contributed by atoms with E-state index in [0.29, 0.717) is 12.2 Å². The predicted molar refractivity (Wildman–Crippen MR) is 43.8 cm³/mol. The Labute approximate surface area is 81.2 Å². The van der Waals surface area contributed by atoms with E-state index < -0.39 is 32.7 Å². The summed E-state index contributed by atoms with van der Waals surface area (Å²) in [5, 5.41) is 20.6. The Kier molecular flexibility index (Phi) is 2.50. The van der Waals surface area contributed by atoms with Crippen molar-refractivity contribution in [2.45, 2.75) is 0 Å². The molecule has 9 nitrogen and oxygen atoms in total. The van der Waals surface area contributed by atoms with Crippen LogP contribution in [-0.2, 0) is 4.79 Å². The summed E-state index contributed by atoms with van der Waals surface area (Å²) in [6.07, 6.45) is 1.16. The van der Waals surface area contributed by atoms with Gasteiger partial charge in [-0.15, -0.1) is 0 Å². The molecule has 0 atom stereocenters. The van der Waals surface area contributed by atoms with E-state index in [9.17, 15) is 25.0 Å². The van der Waals surface area contributed by atoms with Gasteiger partial charge in [0.1, 0.15) is 6.08 Å². The van der Waals surface area contributed by atoms with E-state index in [4.69, 9.17) is 5.53 Å². The lowest BCUT2D eigenvalue weighted by molar-refractivity contribution is -0.430. The average Bonchev–Trinajstić information content (AvgIpc) is 2.17. The van der Waals surface area contributed by atoms with Gasteiger partial charge < -0.3 is 5.53 Å². The molecule has 0 N–H and O–H groups in total. The molecular weight excluding hydrogens is 208 g/mol. The Morgan fingerprint density at radius 3 is 2.20 bits per heavy atom. The fourth-order valence-electron chi connectivity index (χ4n) is 0.899. The highest BCUT2D eigenvalue weighted by molar-refractivity contribution is 6.47. The van der Waals surface area contributed by atoms with Crippen LogP contribution in [0.25, 0.3) is 5.53 Å². The molecule has 0 aromatic heterocycles. The van der Waals surface area contributed by atoms with Crippen LogP contribution in [0.1, 0.15) is 0 Å². The Bertz CT molecular complexity index is 482. The van der Waals surface area contributed by atoms with Gasteiger partial charge in [-0.05, 0) is 0 Å². The van der Waals surface area contributed by atoms with E-state index in [-0.39, 0.29) is 0 Å². The van der Waals surface area contributed by atoms with Crippen LogP contribution < -0.4 is 0 Å². The summed E-state index contributed by atoms with van der Waals surface area (Å²) in [6, 6.07) is 0. The van der Waals surface area contributed by atoms with Crippen LogP contribution in [0.15, 0.2) is 23.5 Å². The molecule has 0 unspecified atom stereocenters. The fraction of sp³-hybridized carbons (Fsp3) is 0. The van der Waals surface area contributed by atoms with Gasteiger partial charge in [0.2, 0.25) is 0 Å². The van der Waals surface area contributed by atoms with E-state index in [2.05, 4.69) is 4.79 Å². The van der Waals surface area contributed by atoms with Crippen molar-refractivity contribution in [1.29, 1.82) is 0 Å². The zero-order valence-electron chi connectivity index (χ0n) is 6.98. The third kappa shape index (κ3) is 1.81. The van der Waals surface area contributed by atoms with Crippen LogP contribution in [0.5, 0.6) is 0 Å². The molecule has 1 aliphatic rings. The van der Waals surface area contributed by atoms with Crippen molar-refractivity contribution < 1.29 is 19.4 Å². The second-order valence-corrected chi connectivity index (χ2v) is 2.43. The van der Waals surface area contributed by atoms with Crippen LogP contribution in [0.2, 0.25) is 0 Å². The van der Waals surface area contributed by atoms with E-state index in [1.54, 1.807) is 0 Å². The molecule has 0 radical (unpaired) electrons. The van der Waals surface area contributed by atoms with Gasteiger partial charge >= 0.3 is 17.2 Å². The number of hydrogen-bond acceptors (Lipinski definition) is 5. The SMILES string of the molecule is [N-]=[N+]=C1C=C([N+](=O)[O-])C=C([N+](=O)[O-])C1=O. The zero-order valence-corrected chi connectivity index (χ0v) is 6.98. The minimum Gasteiger partial charge on any atom is -0.361 e. The first-order chi connectivity index (χ1) is 6.97. The molecule has 9 heteroatoms. The number of carbonyl (C=O) groups excluding carboxylic acids is 1. The van der Waals surface area contributed by atoms with Crippen LogP contribution in [-0.4, -0.2) is 26.1 Å². The second-order valence-electron chi connectivity index (χ2n) is 2.43. The maximum Gasteiger partial charge on any atom is 0.376 e. The standard InChI is InChI=1S/C6H2N4O5/c7-8-4-1-3(9(12)13)2-5(6(4)11)10(14)15/h1-2H. The number of nitrogens with zero attached hydrogens (tertiary/aromatic N) is 4. The topological polar surface area (TPSA) is 140 Å². The van der Waals surface area contributed by atoms with Crippen LogP contribution in [0.3, 0.4) is 0 Å². The lowest BCUT2D eigenvalue weighted by atomic mass is 10.1. The van der Waals surface area contributed by atoms with Gasteiger partial charge in [-0.2, -0.15) is 4.79 Å². The van der Waals surface area contributed by atoms with Crippen molar-refractivity contribution in [3.63, 3.8) is 0 Å². The van der Waals surface area contributed by atoms with E-state index >= 15 is 0 Å². The lowest BCUT2D eigenvalue weighted by Gasteiger charge is -1.97. The van der Waals surface area contributed by atoms with Gasteiger partial charge in [0.05, 0.1) is 15.9 Å². The number of rotatable bonds is 2. The summed E-state index contributed by atoms with van der Waals surface area (Å²) >= 11 is 0. The summed E-state index contributed by atoms with van der Waals surface area (Å²) < 4.78 is 0. The molecule has 1 aliphatic carbocycles. The Balaban J connectivity index is 3.37. The fourth-order valence-corrected chi connectivity index (χ4v) is 0.899. The first-order valence-corrected chi connectivity index (χ1v) is 3.46. The molecule has 76 valence electrons. The molecule has 1 rings (SSSR count). The van der Waals surface area contributed by atoms with E-state index in [0.717, 1.165) is 0 Å². The van der Waals surface area contributed by atoms with Gasteiger partial charge in [-0.25, -0.2) is 0 Å². The highest BCUT2D eigenvalue weighted by Gasteiger charge is 2.39. The van der Waals surface area contributed by atoms with Crippen molar-refractivity contribution in [3.8, 4) is 0 Å². The molecule has 0 bridgehead atoms. The molecule has 0 fully saturated rings. The minimum absolute atomic E-state index is 0.511. The normalized spacial score (nSPS) is 15.2. The molecular formula is C6H2N4O5. The largest absolute Gasteiger partial charge is 0.376 e. The number of hydrogen-bond donors (Lipinski definition) is 0. The van der Waals surface area contributed by atoms with Crippen LogP contribution in [0, 0.1) is 20.2 Å². The molecule has 0 spiro atoms. The molecule has 15 heavy (non-hydrogen) atoms. The van der Waals surface area contributed by atoms with Crippen molar-refractivity contribution in [2.75, 3.05) is 0 Å². The average molecular weight is 210 g/mol. The lowest BCUT2D eigenvalue weighted by Crippen LogP contribution is -2.25. The molecule has 0 amide bonds. The Morgan fingerprint density at radius 1 is 1.20 bits per heavy atom. The first-order valence-electron chi connectivity index (χ1n) is 3.46. The Morgan fingerprint density at radius 2 is 1.80 bits per heavy atom. The smallest absolute Gasteiger partial charge is 0.361 e. The number of allylic oxidation sites excluding steroid dienone is 3.